The summed E-state index contributed by atoms with van der Waals surface area (Å²) in [4.78, 5) is 10.6. The van der Waals surface area contributed by atoms with Gasteiger partial charge in [-0.1, -0.05) is 30.4 Å². The third-order valence-corrected chi connectivity index (χ3v) is 3.46. The Kier molecular flexibility index (Phi) is 3.78. The monoisotopic (exact) mass is 297 g/mol. The molecule has 0 saturated carbocycles. The predicted octanol–water partition coefficient (Wildman–Crippen LogP) is 3.84. The Morgan fingerprint density at radius 3 is 2.36 bits per heavy atom. The van der Waals surface area contributed by atoms with Gasteiger partial charge in [-0.15, -0.1) is 0 Å². The third-order valence-electron chi connectivity index (χ3n) is 3.46. The Hall–Kier alpha value is -2.82. The van der Waals surface area contributed by atoms with E-state index in [-0.39, 0.29) is 10.6 Å². The molecule has 0 bridgehead atoms. The fourth-order valence-electron chi connectivity index (χ4n) is 2.28. The highest BCUT2D eigenvalue weighted by Gasteiger charge is 2.11. The first-order valence-corrected chi connectivity index (χ1v) is 6.96. The zero-order valence-corrected chi connectivity index (χ0v) is 12.1. The minimum absolute atomic E-state index is 0.129. The summed E-state index contributed by atoms with van der Waals surface area (Å²) in [6, 6.07) is 10.9. The van der Waals surface area contributed by atoms with Crippen molar-refractivity contribution in [3.63, 3.8) is 0 Å². The molecule has 2 aromatic carbocycles. The molecule has 5 heteroatoms. The van der Waals surface area contributed by atoms with E-state index in [1.807, 2.05) is 36.4 Å². The fraction of sp³-hybridized carbons (Fsp3) is 0.176. The van der Waals surface area contributed by atoms with Crippen molar-refractivity contribution in [2.75, 3.05) is 13.2 Å². The highest BCUT2D eigenvalue weighted by atomic mass is 16.6. The second-order valence-electron chi connectivity index (χ2n) is 5.04. The lowest BCUT2D eigenvalue weighted by atomic mass is 10.1. The summed E-state index contributed by atoms with van der Waals surface area (Å²) < 4.78 is 11.0. The Bertz CT molecular complexity index is 752. The van der Waals surface area contributed by atoms with Crippen LogP contribution in [0.1, 0.15) is 16.7 Å². The molecule has 0 saturated heterocycles. The molecule has 1 heterocycles. The number of nitrogens with zero attached hydrogens (tertiary/aromatic N) is 1. The lowest BCUT2D eigenvalue weighted by Gasteiger charge is -2.18. The van der Waals surface area contributed by atoms with E-state index in [4.69, 9.17) is 9.47 Å². The number of ether oxygens (including phenoxy) is 2. The van der Waals surface area contributed by atoms with Gasteiger partial charge in [0.25, 0.3) is 5.69 Å². The zero-order chi connectivity index (χ0) is 15.5. The third kappa shape index (κ3) is 2.93. The molecule has 0 spiro atoms. The number of aryl methyl sites for hydroxylation is 1. The molecular weight excluding hydrogens is 282 g/mol. The van der Waals surface area contributed by atoms with E-state index in [1.54, 1.807) is 19.1 Å². The molecule has 0 N–H and O–H groups in total. The second-order valence-corrected chi connectivity index (χ2v) is 5.04. The Labute approximate surface area is 127 Å². The standard InChI is InChI=1S/C17H15NO4/c1-12-2-3-13(10-15(12)18(19)20)4-5-14-6-7-16-17(11-14)22-9-8-21-16/h2-7,10-11H,8-9H2,1H3/b5-4+. The molecule has 112 valence electrons. The molecule has 1 aliphatic rings. The minimum atomic E-state index is -0.364. The maximum atomic E-state index is 11.0. The van der Waals surface area contributed by atoms with Crippen molar-refractivity contribution in [3.8, 4) is 11.5 Å². The Morgan fingerprint density at radius 2 is 1.64 bits per heavy atom. The van der Waals surface area contributed by atoms with Gasteiger partial charge < -0.3 is 9.47 Å². The number of nitro benzene ring substituents is 1. The molecular formula is C17H15NO4. The van der Waals surface area contributed by atoms with Gasteiger partial charge in [-0.25, -0.2) is 0 Å². The molecule has 0 radical (unpaired) electrons. The van der Waals surface area contributed by atoms with Crippen molar-refractivity contribution in [2.24, 2.45) is 0 Å². The average molecular weight is 297 g/mol. The SMILES string of the molecule is Cc1ccc(/C=C/c2ccc3c(c2)OCCO3)cc1[N+](=O)[O-]. The number of benzene rings is 2. The molecule has 0 fully saturated rings. The summed E-state index contributed by atoms with van der Waals surface area (Å²) in [5.74, 6) is 1.47. The van der Waals surface area contributed by atoms with Crippen LogP contribution in [0.25, 0.3) is 12.2 Å². The topological polar surface area (TPSA) is 61.6 Å². The normalized spacial score (nSPS) is 13.3. The van der Waals surface area contributed by atoms with Gasteiger partial charge in [0.15, 0.2) is 11.5 Å². The molecule has 0 aromatic heterocycles. The largest absolute Gasteiger partial charge is 0.486 e. The molecule has 2 aromatic rings. The van der Waals surface area contributed by atoms with Crippen LogP contribution in [0.15, 0.2) is 36.4 Å². The lowest BCUT2D eigenvalue weighted by Crippen LogP contribution is -2.15. The molecule has 3 rings (SSSR count). The number of nitro groups is 1. The molecule has 0 atom stereocenters. The van der Waals surface area contributed by atoms with Crippen molar-refractivity contribution >= 4 is 17.8 Å². The smallest absolute Gasteiger partial charge is 0.272 e. The summed E-state index contributed by atoms with van der Waals surface area (Å²) in [7, 11) is 0. The van der Waals surface area contributed by atoms with Gasteiger partial charge in [-0.2, -0.15) is 0 Å². The summed E-state index contributed by atoms with van der Waals surface area (Å²) in [5.41, 5.74) is 2.52. The molecule has 0 amide bonds. The summed E-state index contributed by atoms with van der Waals surface area (Å²) in [6.07, 6.45) is 3.74. The quantitative estimate of drug-likeness (QED) is 0.490. The minimum Gasteiger partial charge on any atom is -0.486 e. The summed E-state index contributed by atoms with van der Waals surface area (Å²) in [6.45, 7) is 2.84. The first kappa shape index (κ1) is 14.1. The zero-order valence-electron chi connectivity index (χ0n) is 12.1. The van der Waals surface area contributed by atoms with Gasteiger partial charge in [0.05, 0.1) is 4.92 Å². The van der Waals surface area contributed by atoms with E-state index in [2.05, 4.69) is 0 Å². The van der Waals surface area contributed by atoms with Crippen molar-refractivity contribution in [1.82, 2.24) is 0 Å². The van der Waals surface area contributed by atoms with E-state index in [1.165, 1.54) is 0 Å². The van der Waals surface area contributed by atoms with Crippen LogP contribution in [-0.2, 0) is 0 Å². The van der Waals surface area contributed by atoms with Crippen molar-refractivity contribution < 1.29 is 14.4 Å². The van der Waals surface area contributed by atoms with Crippen LogP contribution in [0.4, 0.5) is 5.69 Å². The van der Waals surface area contributed by atoms with Crippen LogP contribution in [0, 0.1) is 17.0 Å². The van der Waals surface area contributed by atoms with Crippen LogP contribution in [-0.4, -0.2) is 18.1 Å². The van der Waals surface area contributed by atoms with Gasteiger partial charge in [0.2, 0.25) is 0 Å². The van der Waals surface area contributed by atoms with Gasteiger partial charge >= 0.3 is 0 Å². The van der Waals surface area contributed by atoms with E-state index >= 15 is 0 Å². The van der Waals surface area contributed by atoms with Crippen molar-refractivity contribution in [3.05, 3.63) is 63.2 Å². The van der Waals surface area contributed by atoms with Crippen molar-refractivity contribution in [2.45, 2.75) is 6.92 Å². The maximum absolute atomic E-state index is 11.0. The van der Waals surface area contributed by atoms with Crippen LogP contribution < -0.4 is 9.47 Å². The summed E-state index contributed by atoms with van der Waals surface area (Å²) in [5, 5.41) is 11.0. The molecule has 0 unspecified atom stereocenters. The lowest BCUT2D eigenvalue weighted by molar-refractivity contribution is -0.385. The van der Waals surface area contributed by atoms with E-state index in [0.717, 1.165) is 22.6 Å². The summed E-state index contributed by atoms with van der Waals surface area (Å²) >= 11 is 0. The highest BCUT2D eigenvalue weighted by molar-refractivity contribution is 5.72. The van der Waals surface area contributed by atoms with Crippen molar-refractivity contribution in [1.29, 1.82) is 0 Å². The predicted molar refractivity (Wildman–Crippen MR) is 84.2 cm³/mol. The number of hydrogen-bond donors (Lipinski definition) is 0. The first-order valence-electron chi connectivity index (χ1n) is 6.96. The first-order chi connectivity index (χ1) is 10.6. The van der Waals surface area contributed by atoms with E-state index in [0.29, 0.717) is 18.8 Å². The van der Waals surface area contributed by atoms with Gasteiger partial charge in [0, 0.05) is 11.6 Å². The Morgan fingerprint density at radius 1 is 1.00 bits per heavy atom. The fourth-order valence-corrected chi connectivity index (χ4v) is 2.28. The van der Waals surface area contributed by atoms with Crippen LogP contribution >= 0.6 is 0 Å². The number of fused-ring (bicyclic) bond motifs is 1. The van der Waals surface area contributed by atoms with E-state index in [9.17, 15) is 10.1 Å². The van der Waals surface area contributed by atoms with Gasteiger partial charge in [-0.3, -0.25) is 10.1 Å². The molecule has 1 aliphatic heterocycles. The van der Waals surface area contributed by atoms with Crippen LogP contribution in [0.3, 0.4) is 0 Å². The second kappa shape index (κ2) is 5.89. The molecule has 5 nitrogen and oxygen atoms in total. The number of rotatable bonds is 3. The average Bonchev–Trinajstić information content (AvgIpc) is 2.53. The number of hydrogen-bond acceptors (Lipinski definition) is 4. The van der Waals surface area contributed by atoms with E-state index < -0.39 is 0 Å². The van der Waals surface area contributed by atoms with Gasteiger partial charge in [0.1, 0.15) is 13.2 Å². The highest BCUT2D eigenvalue weighted by Crippen LogP contribution is 2.31. The van der Waals surface area contributed by atoms with Crippen LogP contribution in [0.5, 0.6) is 11.5 Å². The molecule has 0 aliphatic carbocycles. The van der Waals surface area contributed by atoms with Crippen LogP contribution in [0.2, 0.25) is 0 Å². The molecule has 22 heavy (non-hydrogen) atoms. The maximum Gasteiger partial charge on any atom is 0.272 e. The van der Waals surface area contributed by atoms with Gasteiger partial charge in [-0.05, 0) is 30.2 Å². The Balaban J connectivity index is 1.85.